The van der Waals surface area contributed by atoms with Crippen LogP contribution in [0, 0.1) is 24.0 Å². The van der Waals surface area contributed by atoms with E-state index in [9.17, 15) is 10.1 Å². The molecule has 7 heteroatoms. The number of rotatable bonds is 5. The topological polar surface area (TPSA) is 81.2 Å². The van der Waals surface area contributed by atoms with Crippen LogP contribution in [0.2, 0.25) is 0 Å². The fraction of sp³-hybridized carbons (Fsp3) is 0.308. The monoisotopic (exact) mass is 339 g/mol. The summed E-state index contributed by atoms with van der Waals surface area (Å²) in [6.07, 6.45) is 0.699. The first kappa shape index (κ1) is 14.5. The standard InChI is InChI=1S/C13H14BrN3O3/c1-8-11(9(2)20-16-8)5-6-15-12-7-10(14)3-4-13(12)17(18)19/h3-4,7,15H,5-6H2,1-2H3. The Morgan fingerprint density at radius 3 is 2.80 bits per heavy atom. The Morgan fingerprint density at radius 2 is 2.20 bits per heavy atom. The second-order valence-corrected chi connectivity index (χ2v) is 5.31. The summed E-state index contributed by atoms with van der Waals surface area (Å²) >= 11 is 3.31. The molecule has 1 heterocycles. The number of anilines is 1. The Bertz CT molecular complexity index is 620. The van der Waals surface area contributed by atoms with Gasteiger partial charge in [-0.1, -0.05) is 21.1 Å². The SMILES string of the molecule is Cc1noc(C)c1CCNc1cc(Br)ccc1[N+](=O)[O-]. The minimum absolute atomic E-state index is 0.0620. The number of aryl methyl sites for hydroxylation is 2. The maximum atomic E-state index is 11.0. The number of hydrogen-bond acceptors (Lipinski definition) is 5. The number of halogens is 1. The Labute approximate surface area is 124 Å². The third kappa shape index (κ3) is 3.16. The average molecular weight is 340 g/mol. The number of nitrogens with one attached hydrogen (secondary N) is 1. The van der Waals surface area contributed by atoms with Gasteiger partial charge >= 0.3 is 0 Å². The number of aromatic nitrogens is 1. The molecule has 6 nitrogen and oxygen atoms in total. The lowest BCUT2D eigenvalue weighted by Crippen LogP contribution is -2.07. The van der Waals surface area contributed by atoms with Crippen molar-refractivity contribution in [3.05, 3.63) is 49.8 Å². The lowest BCUT2D eigenvalue weighted by atomic mass is 10.1. The minimum Gasteiger partial charge on any atom is -0.379 e. The van der Waals surface area contributed by atoms with Crippen LogP contribution in [0.4, 0.5) is 11.4 Å². The van der Waals surface area contributed by atoms with Crippen LogP contribution in [-0.2, 0) is 6.42 Å². The fourth-order valence-electron chi connectivity index (χ4n) is 1.99. The van der Waals surface area contributed by atoms with Crippen LogP contribution in [0.5, 0.6) is 0 Å². The van der Waals surface area contributed by atoms with E-state index in [-0.39, 0.29) is 5.69 Å². The molecule has 0 aliphatic rings. The van der Waals surface area contributed by atoms with Gasteiger partial charge in [-0.25, -0.2) is 0 Å². The highest BCUT2D eigenvalue weighted by molar-refractivity contribution is 9.10. The zero-order chi connectivity index (χ0) is 14.7. The highest BCUT2D eigenvalue weighted by Gasteiger charge is 2.14. The third-order valence-corrected chi connectivity index (χ3v) is 3.52. The van der Waals surface area contributed by atoms with Gasteiger partial charge in [0.15, 0.2) is 0 Å². The van der Waals surface area contributed by atoms with Crippen molar-refractivity contribution in [1.29, 1.82) is 0 Å². The molecule has 0 aliphatic carbocycles. The number of nitrogens with zero attached hydrogens (tertiary/aromatic N) is 2. The lowest BCUT2D eigenvalue weighted by molar-refractivity contribution is -0.384. The summed E-state index contributed by atoms with van der Waals surface area (Å²) in [6, 6.07) is 4.82. The molecule has 1 aromatic heterocycles. The van der Waals surface area contributed by atoms with E-state index in [1.165, 1.54) is 6.07 Å². The smallest absolute Gasteiger partial charge is 0.292 e. The van der Waals surface area contributed by atoms with Crippen molar-refractivity contribution in [2.45, 2.75) is 20.3 Å². The van der Waals surface area contributed by atoms with Gasteiger partial charge in [-0.2, -0.15) is 0 Å². The summed E-state index contributed by atoms with van der Waals surface area (Å²) in [7, 11) is 0. The van der Waals surface area contributed by atoms with Crippen molar-refractivity contribution in [2.24, 2.45) is 0 Å². The molecule has 2 rings (SSSR count). The van der Waals surface area contributed by atoms with Crippen LogP contribution < -0.4 is 5.32 Å². The van der Waals surface area contributed by atoms with Crippen molar-refractivity contribution in [1.82, 2.24) is 5.16 Å². The second kappa shape index (κ2) is 6.04. The highest BCUT2D eigenvalue weighted by Crippen LogP contribution is 2.27. The number of hydrogen-bond donors (Lipinski definition) is 1. The van der Waals surface area contributed by atoms with E-state index in [4.69, 9.17) is 4.52 Å². The molecule has 2 aromatic rings. The van der Waals surface area contributed by atoms with E-state index in [0.717, 1.165) is 21.5 Å². The van der Waals surface area contributed by atoms with Crippen LogP contribution >= 0.6 is 15.9 Å². The number of benzene rings is 1. The normalized spacial score (nSPS) is 10.6. The van der Waals surface area contributed by atoms with Gasteiger partial charge in [0.25, 0.3) is 5.69 Å². The third-order valence-electron chi connectivity index (χ3n) is 3.03. The molecule has 0 radical (unpaired) electrons. The Morgan fingerprint density at radius 1 is 1.45 bits per heavy atom. The molecular weight excluding hydrogens is 326 g/mol. The quantitative estimate of drug-likeness (QED) is 0.664. The van der Waals surface area contributed by atoms with E-state index in [1.807, 2.05) is 13.8 Å². The lowest BCUT2D eigenvalue weighted by Gasteiger charge is -2.07. The molecule has 0 saturated carbocycles. The Hall–Kier alpha value is -1.89. The summed E-state index contributed by atoms with van der Waals surface area (Å²) in [5.41, 5.74) is 2.45. The molecule has 1 aromatic carbocycles. The first-order valence-electron chi connectivity index (χ1n) is 6.08. The van der Waals surface area contributed by atoms with Gasteiger partial charge in [-0.15, -0.1) is 0 Å². The van der Waals surface area contributed by atoms with Gasteiger partial charge in [-0.3, -0.25) is 10.1 Å². The van der Waals surface area contributed by atoms with Crippen LogP contribution in [-0.4, -0.2) is 16.6 Å². The average Bonchev–Trinajstić information content (AvgIpc) is 2.70. The molecular formula is C13H14BrN3O3. The summed E-state index contributed by atoms with van der Waals surface area (Å²) in [4.78, 5) is 10.6. The maximum absolute atomic E-state index is 11.0. The second-order valence-electron chi connectivity index (χ2n) is 4.40. The summed E-state index contributed by atoms with van der Waals surface area (Å²) in [6.45, 7) is 4.31. The first-order valence-corrected chi connectivity index (χ1v) is 6.88. The van der Waals surface area contributed by atoms with Crippen molar-refractivity contribution in [3.8, 4) is 0 Å². The minimum atomic E-state index is -0.398. The first-order chi connectivity index (χ1) is 9.49. The largest absolute Gasteiger partial charge is 0.379 e. The van der Waals surface area contributed by atoms with Crippen molar-refractivity contribution < 1.29 is 9.45 Å². The molecule has 106 valence electrons. The number of nitro benzene ring substituents is 1. The van der Waals surface area contributed by atoms with E-state index in [2.05, 4.69) is 26.4 Å². The molecule has 0 bridgehead atoms. The van der Waals surface area contributed by atoms with Gasteiger partial charge < -0.3 is 9.84 Å². The van der Waals surface area contributed by atoms with E-state index in [0.29, 0.717) is 18.7 Å². The van der Waals surface area contributed by atoms with E-state index in [1.54, 1.807) is 12.1 Å². The Kier molecular flexibility index (Phi) is 4.39. The molecule has 0 saturated heterocycles. The van der Waals surface area contributed by atoms with Crippen molar-refractivity contribution in [3.63, 3.8) is 0 Å². The maximum Gasteiger partial charge on any atom is 0.292 e. The predicted octanol–water partition coefficient (Wildman–Crippen LogP) is 3.62. The van der Waals surface area contributed by atoms with Gasteiger partial charge in [-0.05, 0) is 32.4 Å². The molecule has 0 spiro atoms. The zero-order valence-corrected chi connectivity index (χ0v) is 12.7. The molecule has 20 heavy (non-hydrogen) atoms. The van der Waals surface area contributed by atoms with Crippen LogP contribution in [0.3, 0.4) is 0 Å². The van der Waals surface area contributed by atoms with E-state index >= 15 is 0 Å². The van der Waals surface area contributed by atoms with Crippen LogP contribution in [0.25, 0.3) is 0 Å². The molecule has 0 fully saturated rings. The molecule has 0 aliphatic heterocycles. The van der Waals surface area contributed by atoms with E-state index < -0.39 is 4.92 Å². The molecule has 1 N–H and O–H groups in total. The highest BCUT2D eigenvalue weighted by atomic mass is 79.9. The zero-order valence-electron chi connectivity index (χ0n) is 11.1. The summed E-state index contributed by atoms with van der Waals surface area (Å²) in [5, 5.41) is 17.9. The van der Waals surface area contributed by atoms with Gasteiger partial charge in [0.05, 0.1) is 10.6 Å². The summed E-state index contributed by atoms with van der Waals surface area (Å²) in [5.74, 6) is 0.785. The van der Waals surface area contributed by atoms with Crippen LogP contribution in [0.15, 0.2) is 27.2 Å². The predicted molar refractivity (Wildman–Crippen MR) is 79.0 cm³/mol. The van der Waals surface area contributed by atoms with Crippen molar-refractivity contribution in [2.75, 3.05) is 11.9 Å². The molecule has 0 atom stereocenters. The fourth-order valence-corrected chi connectivity index (χ4v) is 2.35. The number of nitro groups is 1. The van der Waals surface area contributed by atoms with Crippen molar-refractivity contribution >= 4 is 27.3 Å². The molecule has 0 unspecified atom stereocenters. The van der Waals surface area contributed by atoms with Gasteiger partial charge in [0.2, 0.25) is 0 Å². The van der Waals surface area contributed by atoms with Gasteiger partial charge in [0, 0.05) is 22.6 Å². The summed E-state index contributed by atoms with van der Waals surface area (Å²) < 4.78 is 5.88. The van der Waals surface area contributed by atoms with Gasteiger partial charge in [0.1, 0.15) is 11.4 Å². The molecule has 0 amide bonds. The van der Waals surface area contributed by atoms with Crippen LogP contribution in [0.1, 0.15) is 17.0 Å². The Balaban J connectivity index is 2.08.